The summed E-state index contributed by atoms with van der Waals surface area (Å²) in [6.45, 7) is 4.37. The van der Waals surface area contributed by atoms with Crippen LogP contribution in [0.3, 0.4) is 0 Å². The van der Waals surface area contributed by atoms with Gasteiger partial charge in [-0.2, -0.15) is 0 Å². The Hall–Kier alpha value is -3.48. The van der Waals surface area contributed by atoms with Gasteiger partial charge in [0.2, 0.25) is 17.7 Å². The largest absolute Gasteiger partial charge is 0.426 e. The van der Waals surface area contributed by atoms with E-state index in [1.807, 2.05) is 18.2 Å². The second kappa shape index (κ2) is 9.57. The molecule has 0 N–H and O–H groups in total. The monoisotopic (exact) mass is 448 g/mol. The minimum Gasteiger partial charge on any atom is -0.426 e. The first kappa shape index (κ1) is 22.7. The van der Waals surface area contributed by atoms with Crippen molar-refractivity contribution >= 4 is 35.1 Å². The molecule has 2 fully saturated rings. The van der Waals surface area contributed by atoms with Crippen molar-refractivity contribution in [1.29, 1.82) is 0 Å². The first-order chi connectivity index (χ1) is 15.9. The fourth-order valence-electron chi connectivity index (χ4n) is 4.57. The van der Waals surface area contributed by atoms with Crippen LogP contribution in [0.4, 0.5) is 11.4 Å². The normalized spacial score (nSPS) is 18.7. The smallest absolute Gasteiger partial charge is 0.316 e. The van der Waals surface area contributed by atoms with Gasteiger partial charge in [-0.15, -0.1) is 0 Å². The summed E-state index contributed by atoms with van der Waals surface area (Å²) >= 11 is 0. The molecule has 0 bridgehead atoms. The van der Waals surface area contributed by atoms with Gasteiger partial charge in [-0.1, -0.05) is 38.1 Å². The number of hydrogen-bond acceptors (Lipinski definition) is 5. The lowest BCUT2D eigenvalue weighted by atomic mass is 10.0. The van der Waals surface area contributed by atoms with E-state index in [1.165, 1.54) is 6.07 Å². The Kier molecular flexibility index (Phi) is 6.58. The first-order valence-electron chi connectivity index (χ1n) is 11.5. The zero-order chi connectivity index (χ0) is 23.5. The molecule has 0 aromatic heterocycles. The van der Waals surface area contributed by atoms with Crippen LogP contribution in [0.15, 0.2) is 42.5 Å². The van der Waals surface area contributed by atoms with Gasteiger partial charge < -0.3 is 9.64 Å². The summed E-state index contributed by atoms with van der Waals surface area (Å²) in [6, 6.07) is 12.4. The third kappa shape index (κ3) is 4.53. The summed E-state index contributed by atoms with van der Waals surface area (Å²) in [5, 5.41) is 0. The van der Waals surface area contributed by atoms with Gasteiger partial charge in [0.15, 0.2) is 0 Å². The molecule has 2 aliphatic rings. The van der Waals surface area contributed by atoms with Crippen LogP contribution in [-0.4, -0.2) is 30.2 Å². The molecule has 3 amide bonds. The Bertz CT molecular complexity index is 1070. The number of esters is 1. The van der Waals surface area contributed by atoms with Gasteiger partial charge in [-0.3, -0.25) is 24.1 Å². The van der Waals surface area contributed by atoms with Gasteiger partial charge in [-0.25, -0.2) is 0 Å². The molecule has 7 nitrogen and oxygen atoms in total. The number of carbonyl (C=O) groups is 4. The number of rotatable bonds is 6. The predicted octanol–water partition coefficient (Wildman–Crippen LogP) is 3.81. The molecule has 2 aromatic rings. The molecule has 4 rings (SSSR count). The van der Waals surface area contributed by atoms with Gasteiger partial charge in [-0.05, 0) is 42.5 Å². The number of anilines is 2. The molecule has 0 saturated carbocycles. The van der Waals surface area contributed by atoms with E-state index >= 15 is 0 Å². The van der Waals surface area contributed by atoms with Gasteiger partial charge in [0.1, 0.15) is 5.75 Å². The molecule has 0 spiro atoms. The van der Waals surface area contributed by atoms with Crippen LogP contribution in [0.1, 0.15) is 50.7 Å². The van der Waals surface area contributed by atoms with Crippen molar-refractivity contribution in [2.45, 2.75) is 52.4 Å². The summed E-state index contributed by atoms with van der Waals surface area (Å²) in [7, 11) is 0. The van der Waals surface area contributed by atoms with Crippen LogP contribution in [0.5, 0.6) is 5.75 Å². The van der Waals surface area contributed by atoms with Crippen LogP contribution >= 0.6 is 0 Å². The van der Waals surface area contributed by atoms with Gasteiger partial charge >= 0.3 is 5.97 Å². The highest BCUT2D eigenvalue weighted by Gasteiger charge is 2.38. The van der Waals surface area contributed by atoms with Crippen molar-refractivity contribution in [3.8, 4) is 5.75 Å². The number of carbonyl (C=O) groups excluding carboxylic acids is 4. The van der Waals surface area contributed by atoms with E-state index < -0.39 is 11.9 Å². The maximum absolute atomic E-state index is 12.9. The third-order valence-corrected chi connectivity index (χ3v) is 6.27. The molecule has 0 radical (unpaired) electrons. The van der Waals surface area contributed by atoms with E-state index in [0.717, 1.165) is 34.6 Å². The zero-order valence-electron chi connectivity index (χ0n) is 19.0. The van der Waals surface area contributed by atoms with Crippen molar-refractivity contribution in [2.75, 3.05) is 16.3 Å². The molecule has 0 unspecified atom stereocenters. The topological polar surface area (TPSA) is 84.0 Å². The molecule has 2 aliphatic heterocycles. The van der Waals surface area contributed by atoms with Crippen LogP contribution in [0, 0.1) is 5.92 Å². The van der Waals surface area contributed by atoms with Crippen molar-refractivity contribution < 1.29 is 23.9 Å². The number of amides is 3. The molecule has 7 heteroatoms. The minimum absolute atomic E-state index is 0.0861. The highest BCUT2D eigenvalue weighted by molar-refractivity contribution is 6.16. The van der Waals surface area contributed by atoms with Crippen LogP contribution in [-0.2, 0) is 32.0 Å². The Labute approximate surface area is 193 Å². The van der Waals surface area contributed by atoms with E-state index in [9.17, 15) is 19.2 Å². The van der Waals surface area contributed by atoms with Crippen LogP contribution in [0.2, 0.25) is 0 Å². The maximum Gasteiger partial charge on any atom is 0.316 e. The molecule has 172 valence electrons. The average molecular weight is 449 g/mol. The Morgan fingerprint density at radius 2 is 1.58 bits per heavy atom. The van der Waals surface area contributed by atoms with E-state index in [-0.39, 0.29) is 36.4 Å². The quantitative estimate of drug-likeness (QED) is 0.381. The predicted molar refractivity (Wildman–Crippen MR) is 124 cm³/mol. The molecule has 0 aliphatic carbocycles. The van der Waals surface area contributed by atoms with Crippen molar-refractivity contribution in [3.63, 3.8) is 0 Å². The SMILES string of the molecule is CCc1cccc(CC)c1N1C[C@@H](C(=O)Oc2cccc(N3C(=O)CCCC3=O)c2)CC1=O. The molecular formula is C26H28N2O5. The van der Waals surface area contributed by atoms with Crippen molar-refractivity contribution in [3.05, 3.63) is 53.6 Å². The summed E-state index contributed by atoms with van der Waals surface area (Å²) < 4.78 is 5.58. The number of para-hydroxylation sites is 1. The summed E-state index contributed by atoms with van der Waals surface area (Å²) in [5.41, 5.74) is 3.47. The van der Waals surface area contributed by atoms with Crippen molar-refractivity contribution in [2.24, 2.45) is 5.92 Å². The fraction of sp³-hybridized carbons (Fsp3) is 0.385. The fourth-order valence-corrected chi connectivity index (χ4v) is 4.57. The van der Waals surface area contributed by atoms with Crippen molar-refractivity contribution in [1.82, 2.24) is 0 Å². The number of benzene rings is 2. The zero-order valence-corrected chi connectivity index (χ0v) is 19.0. The van der Waals surface area contributed by atoms with Gasteiger partial charge in [0, 0.05) is 37.6 Å². The molecule has 2 aromatic carbocycles. The number of hydrogen-bond donors (Lipinski definition) is 0. The second-order valence-corrected chi connectivity index (χ2v) is 8.43. The molecule has 2 saturated heterocycles. The summed E-state index contributed by atoms with van der Waals surface area (Å²) in [5.74, 6) is -1.44. The van der Waals surface area contributed by atoms with E-state index in [1.54, 1.807) is 23.1 Å². The molecule has 1 atom stereocenters. The number of ether oxygens (including phenoxy) is 1. The van der Waals surface area contributed by atoms with Crippen LogP contribution < -0.4 is 14.5 Å². The minimum atomic E-state index is -0.589. The van der Waals surface area contributed by atoms with E-state index in [2.05, 4.69) is 13.8 Å². The number of piperidine rings is 1. The highest BCUT2D eigenvalue weighted by atomic mass is 16.5. The second-order valence-electron chi connectivity index (χ2n) is 8.43. The van der Waals surface area contributed by atoms with E-state index in [4.69, 9.17) is 4.74 Å². The van der Waals surface area contributed by atoms with Crippen LogP contribution in [0.25, 0.3) is 0 Å². The standard InChI is InChI=1S/C26H28N2O5/c1-3-17-8-5-9-18(4-2)25(17)27-16-19(14-24(27)31)26(32)33-21-11-6-10-20(15-21)28-22(29)12-7-13-23(28)30/h5-6,8-11,15,19H,3-4,7,12-14,16H2,1-2H3/t19-/m0/s1. The Balaban J connectivity index is 1.50. The number of aryl methyl sites for hydroxylation is 2. The molecule has 33 heavy (non-hydrogen) atoms. The lowest BCUT2D eigenvalue weighted by Gasteiger charge is -2.25. The first-order valence-corrected chi connectivity index (χ1v) is 11.5. The van der Waals surface area contributed by atoms with Gasteiger partial charge in [0.05, 0.1) is 11.6 Å². The summed E-state index contributed by atoms with van der Waals surface area (Å²) in [6.07, 6.45) is 2.86. The Morgan fingerprint density at radius 3 is 2.21 bits per heavy atom. The average Bonchev–Trinajstić information content (AvgIpc) is 3.20. The lowest BCUT2D eigenvalue weighted by molar-refractivity contribution is -0.139. The maximum atomic E-state index is 12.9. The number of imide groups is 1. The Morgan fingerprint density at radius 1 is 0.939 bits per heavy atom. The summed E-state index contributed by atoms with van der Waals surface area (Å²) in [4.78, 5) is 53.1. The lowest BCUT2D eigenvalue weighted by Crippen LogP contribution is -2.40. The number of nitrogens with zero attached hydrogens (tertiary/aromatic N) is 2. The highest BCUT2D eigenvalue weighted by Crippen LogP contribution is 2.33. The van der Waals surface area contributed by atoms with E-state index in [0.29, 0.717) is 24.9 Å². The molecule has 2 heterocycles. The molecular weight excluding hydrogens is 420 g/mol. The third-order valence-electron chi connectivity index (χ3n) is 6.27. The van der Waals surface area contributed by atoms with Gasteiger partial charge in [0.25, 0.3) is 0 Å².